The highest BCUT2D eigenvalue weighted by atomic mass is 31.3. The van der Waals surface area contributed by atoms with E-state index in [9.17, 15) is 43.5 Å². The van der Waals surface area contributed by atoms with Gasteiger partial charge in [-0.25, -0.2) is 13.9 Å². The van der Waals surface area contributed by atoms with Crippen molar-refractivity contribution in [1.82, 2.24) is 9.55 Å². The SMILES string of the molecule is CCCCCCCCCCCCCC(=O)OC[C@H](COP(=O)(O)OP(=O)(O)OC[C@@H]1O[C@H](n2ccc(N)nc2=O)[C@H](O)[C@@H]1O)OC(=O)CCCCCCCCCCCCC. The summed E-state index contributed by atoms with van der Waals surface area (Å²) in [5.74, 6) is -1.29. The normalized spacial score (nSPS) is 20.4. The van der Waals surface area contributed by atoms with Gasteiger partial charge < -0.3 is 39.9 Å². The second-order valence-electron chi connectivity index (χ2n) is 15.6. The summed E-state index contributed by atoms with van der Waals surface area (Å²) >= 11 is 0. The smallest absolute Gasteiger partial charge is 0.462 e. The van der Waals surface area contributed by atoms with E-state index in [-0.39, 0.29) is 18.7 Å². The first-order valence-corrected chi connectivity index (χ1v) is 25.0. The maximum Gasteiger partial charge on any atom is 0.481 e. The molecule has 0 spiro atoms. The zero-order chi connectivity index (χ0) is 44.2. The van der Waals surface area contributed by atoms with Gasteiger partial charge in [0.15, 0.2) is 12.3 Å². The summed E-state index contributed by atoms with van der Waals surface area (Å²) in [4.78, 5) is 61.5. The first-order chi connectivity index (χ1) is 28.7. The Hall–Kier alpha value is -2.24. The molecule has 0 bridgehead atoms. The van der Waals surface area contributed by atoms with E-state index in [0.29, 0.717) is 12.8 Å². The van der Waals surface area contributed by atoms with Crippen LogP contribution in [0.15, 0.2) is 17.1 Å². The molecule has 0 saturated carbocycles. The van der Waals surface area contributed by atoms with Gasteiger partial charge in [0.1, 0.15) is 30.7 Å². The van der Waals surface area contributed by atoms with Crippen molar-refractivity contribution in [1.29, 1.82) is 0 Å². The number of nitrogens with zero attached hydrogens (tertiary/aromatic N) is 2. The minimum atomic E-state index is -5.41. The molecule has 1 saturated heterocycles. The van der Waals surface area contributed by atoms with E-state index in [1.54, 1.807) is 0 Å². The number of carbonyl (C=O) groups excluding carboxylic acids is 2. The maximum atomic E-state index is 12.8. The minimum Gasteiger partial charge on any atom is -0.462 e. The summed E-state index contributed by atoms with van der Waals surface area (Å²) in [6, 6.07) is 1.25. The Bertz CT molecular complexity index is 1500. The van der Waals surface area contributed by atoms with Crippen LogP contribution in [0.5, 0.6) is 0 Å². The van der Waals surface area contributed by atoms with E-state index < -0.39 is 83.7 Å². The molecule has 1 fully saturated rings. The van der Waals surface area contributed by atoms with E-state index in [1.165, 1.54) is 83.1 Å². The minimum absolute atomic E-state index is 0.0568. The number of ether oxygens (including phenoxy) is 3. The van der Waals surface area contributed by atoms with Crippen molar-refractivity contribution in [3.8, 4) is 0 Å². The third-order valence-corrected chi connectivity index (χ3v) is 12.8. The summed E-state index contributed by atoms with van der Waals surface area (Å²) < 4.78 is 56.5. The Morgan fingerprint density at radius 3 is 1.70 bits per heavy atom. The van der Waals surface area contributed by atoms with Gasteiger partial charge in [-0.15, -0.1) is 0 Å². The Balaban J connectivity index is 1.85. The second kappa shape index (κ2) is 30.7. The number of aliphatic hydroxyl groups is 2. The van der Waals surface area contributed by atoms with Crippen LogP contribution in [0, 0.1) is 0 Å². The van der Waals surface area contributed by atoms with Gasteiger partial charge >= 0.3 is 33.3 Å². The Kier molecular flexibility index (Phi) is 27.6. The zero-order valence-electron chi connectivity index (χ0n) is 35.8. The number of aromatic nitrogens is 2. The molecule has 18 nitrogen and oxygen atoms in total. The topological polar surface area (TPSA) is 265 Å². The number of carbonyl (C=O) groups is 2. The van der Waals surface area contributed by atoms with Crippen molar-refractivity contribution in [2.45, 2.75) is 199 Å². The molecule has 0 aromatic carbocycles. The molecular weight excluding hydrogens is 824 g/mol. The highest BCUT2D eigenvalue weighted by Gasteiger charge is 2.46. The number of esters is 2. The molecule has 1 aromatic rings. The van der Waals surface area contributed by atoms with Crippen molar-refractivity contribution in [3.63, 3.8) is 0 Å². The summed E-state index contributed by atoms with van der Waals surface area (Å²) in [5, 5.41) is 20.8. The third kappa shape index (κ3) is 23.8. The van der Waals surface area contributed by atoms with Gasteiger partial charge in [-0.1, -0.05) is 142 Å². The van der Waals surface area contributed by atoms with Crippen LogP contribution in [0.3, 0.4) is 0 Å². The molecule has 7 atom stereocenters. The van der Waals surface area contributed by atoms with Crippen LogP contribution in [-0.2, 0) is 46.3 Å². The Morgan fingerprint density at radius 2 is 1.20 bits per heavy atom. The zero-order valence-corrected chi connectivity index (χ0v) is 37.6. The van der Waals surface area contributed by atoms with Crippen LogP contribution in [-0.4, -0.2) is 85.7 Å². The fraction of sp³-hybridized carbons (Fsp3) is 0.850. The van der Waals surface area contributed by atoms with E-state index in [4.69, 9.17) is 29.0 Å². The van der Waals surface area contributed by atoms with Crippen molar-refractivity contribution >= 4 is 33.4 Å². The lowest BCUT2D eigenvalue weighted by Crippen LogP contribution is -2.36. The number of nitrogens with two attached hydrogens (primary N) is 1. The van der Waals surface area contributed by atoms with E-state index in [2.05, 4.69) is 23.1 Å². The molecule has 2 unspecified atom stereocenters. The predicted molar refractivity (Wildman–Crippen MR) is 224 cm³/mol. The van der Waals surface area contributed by atoms with Gasteiger partial charge in [0.2, 0.25) is 0 Å². The monoisotopic (exact) mass is 897 g/mol. The Morgan fingerprint density at radius 1 is 0.733 bits per heavy atom. The van der Waals surface area contributed by atoms with Crippen LogP contribution < -0.4 is 11.4 Å². The summed E-state index contributed by atoms with van der Waals surface area (Å²) in [7, 11) is -10.8. The lowest BCUT2D eigenvalue weighted by molar-refractivity contribution is -0.161. The number of anilines is 1. The predicted octanol–water partition coefficient (Wildman–Crippen LogP) is 7.55. The number of phosphoric ester groups is 2. The first kappa shape index (κ1) is 53.9. The van der Waals surface area contributed by atoms with E-state index in [1.807, 2.05) is 0 Å². The standard InChI is InChI=1S/C40H73N3O15P2/c1-3-5-7-9-11-13-15-17-19-21-23-25-35(44)53-29-32(56-36(45)26-24-22-20-18-16-14-12-10-8-6-4-2)30-54-59(49,50)58-60(51,52)55-31-33-37(46)38(47)39(57-33)43-28-27-34(41)42-40(43)48/h27-28,32-33,37-39,46-47H,3-26,29-31H2,1-2H3,(H,49,50)(H,51,52)(H2,41,42,48)/t32-,33+,37-,38-,39+/m1/s1. The molecule has 2 heterocycles. The van der Waals surface area contributed by atoms with Gasteiger partial charge in [-0.05, 0) is 18.9 Å². The van der Waals surface area contributed by atoms with Crippen LogP contribution in [0.1, 0.15) is 174 Å². The number of hydrogen-bond donors (Lipinski definition) is 5. The lowest BCUT2D eigenvalue weighted by Gasteiger charge is -2.21. The number of aliphatic hydroxyl groups excluding tert-OH is 2. The molecule has 0 amide bonds. The molecule has 0 aliphatic carbocycles. The molecule has 348 valence electrons. The third-order valence-electron chi connectivity index (χ3n) is 10.2. The molecular formula is C40H73N3O15P2. The van der Waals surface area contributed by atoms with Crippen LogP contribution >= 0.6 is 15.6 Å². The summed E-state index contributed by atoms with van der Waals surface area (Å²) in [6.45, 7) is 2.12. The van der Waals surface area contributed by atoms with Crippen LogP contribution in [0.2, 0.25) is 0 Å². The molecule has 1 aliphatic rings. The molecule has 0 radical (unpaired) electrons. The molecule has 1 aliphatic heterocycles. The number of nitrogen functional groups attached to an aromatic ring is 1. The first-order valence-electron chi connectivity index (χ1n) is 22.0. The molecule has 60 heavy (non-hydrogen) atoms. The fourth-order valence-corrected chi connectivity index (χ4v) is 8.84. The number of hydrogen-bond acceptors (Lipinski definition) is 15. The maximum absolute atomic E-state index is 12.8. The molecule has 1 aromatic heterocycles. The average Bonchev–Trinajstić information content (AvgIpc) is 3.47. The average molecular weight is 898 g/mol. The molecule has 6 N–H and O–H groups in total. The lowest BCUT2D eigenvalue weighted by atomic mass is 10.1. The van der Waals surface area contributed by atoms with Crippen molar-refractivity contribution in [2.24, 2.45) is 0 Å². The fourth-order valence-electron chi connectivity index (χ4n) is 6.72. The van der Waals surface area contributed by atoms with Crippen LogP contribution in [0.4, 0.5) is 5.82 Å². The molecule has 2 rings (SSSR count). The largest absolute Gasteiger partial charge is 0.481 e. The summed E-state index contributed by atoms with van der Waals surface area (Å²) in [6.07, 6.45) is 17.8. The quantitative estimate of drug-likeness (QED) is 0.0247. The van der Waals surface area contributed by atoms with Gasteiger partial charge in [0, 0.05) is 19.0 Å². The highest BCUT2D eigenvalue weighted by Crippen LogP contribution is 2.60. The van der Waals surface area contributed by atoms with Gasteiger partial charge in [-0.3, -0.25) is 23.2 Å². The Labute approximate surface area is 355 Å². The second-order valence-corrected chi connectivity index (χ2v) is 18.6. The van der Waals surface area contributed by atoms with Crippen molar-refractivity contribution < 1.29 is 66.3 Å². The summed E-state index contributed by atoms with van der Waals surface area (Å²) in [5.41, 5.74) is 4.57. The number of phosphoric acid groups is 2. The molecule has 20 heteroatoms. The highest BCUT2D eigenvalue weighted by molar-refractivity contribution is 7.61. The van der Waals surface area contributed by atoms with E-state index in [0.717, 1.165) is 62.1 Å². The number of rotatable bonds is 36. The van der Waals surface area contributed by atoms with Crippen molar-refractivity contribution in [2.75, 3.05) is 25.6 Å². The van der Waals surface area contributed by atoms with Gasteiger partial charge in [0.05, 0.1) is 13.2 Å². The van der Waals surface area contributed by atoms with Crippen LogP contribution in [0.25, 0.3) is 0 Å². The van der Waals surface area contributed by atoms with Gasteiger partial charge in [-0.2, -0.15) is 9.29 Å². The van der Waals surface area contributed by atoms with E-state index >= 15 is 0 Å². The number of unbranched alkanes of at least 4 members (excludes halogenated alkanes) is 20. The van der Waals surface area contributed by atoms with Crippen molar-refractivity contribution in [3.05, 3.63) is 22.7 Å². The van der Waals surface area contributed by atoms with Gasteiger partial charge in [0.25, 0.3) is 0 Å².